The molecule has 0 bridgehead atoms. The van der Waals surface area contributed by atoms with Crippen LogP contribution < -0.4 is 5.32 Å². The van der Waals surface area contributed by atoms with E-state index in [-0.39, 0.29) is 0 Å². The molecule has 2 aromatic heterocycles. The van der Waals surface area contributed by atoms with Gasteiger partial charge in [-0.15, -0.1) is 11.3 Å². The SMILES string of the molecule is CCNc1nc(-c2cccs2)nc(CC(C)C)c1Br. The van der Waals surface area contributed by atoms with Crippen molar-refractivity contribution in [3.8, 4) is 10.7 Å². The third-order valence-corrected chi connectivity index (χ3v) is 4.31. The van der Waals surface area contributed by atoms with Crippen molar-refractivity contribution in [3.05, 3.63) is 27.7 Å². The maximum atomic E-state index is 4.71. The summed E-state index contributed by atoms with van der Waals surface area (Å²) < 4.78 is 0.989. The van der Waals surface area contributed by atoms with Gasteiger partial charge in [-0.1, -0.05) is 19.9 Å². The summed E-state index contributed by atoms with van der Waals surface area (Å²) in [6.07, 6.45) is 0.944. The molecule has 5 heteroatoms. The highest BCUT2D eigenvalue weighted by Crippen LogP contribution is 2.30. The third kappa shape index (κ3) is 3.54. The van der Waals surface area contributed by atoms with Gasteiger partial charge in [-0.05, 0) is 46.6 Å². The molecule has 0 unspecified atom stereocenters. The average molecular weight is 340 g/mol. The first kappa shape index (κ1) is 14.5. The smallest absolute Gasteiger partial charge is 0.171 e. The molecule has 0 aliphatic heterocycles. The summed E-state index contributed by atoms with van der Waals surface area (Å²) in [7, 11) is 0. The topological polar surface area (TPSA) is 37.8 Å². The van der Waals surface area contributed by atoms with Crippen LogP contribution in [0.25, 0.3) is 10.7 Å². The van der Waals surface area contributed by atoms with Crippen LogP contribution in [0.3, 0.4) is 0 Å². The van der Waals surface area contributed by atoms with Crippen LogP contribution in [0.1, 0.15) is 26.5 Å². The summed E-state index contributed by atoms with van der Waals surface area (Å²) in [6.45, 7) is 7.32. The lowest BCUT2D eigenvalue weighted by Crippen LogP contribution is -2.07. The summed E-state index contributed by atoms with van der Waals surface area (Å²) in [4.78, 5) is 10.4. The van der Waals surface area contributed by atoms with Crippen molar-refractivity contribution in [2.75, 3.05) is 11.9 Å². The maximum Gasteiger partial charge on any atom is 0.171 e. The first-order valence-corrected chi connectivity index (χ1v) is 8.13. The van der Waals surface area contributed by atoms with E-state index in [9.17, 15) is 0 Å². The van der Waals surface area contributed by atoms with Crippen molar-refractivity contribution in [2.45, 2.75) is 27.2 Å². The lowest BCUT2D eigenvalue weighted by Gasteiger charge is -2.13. The lowest BCUT2D eigenvalue weighted by atomic mass is 10.1. The van der Waals surface area contributed by atoms with Gasteiger partial charge in [-0.3, -0.25) is 0 Å². The molecule has 0 aliphatic carbocycles. The standard InChI is InChI=1S/C14H18BrN3S/c1-4-16-14-12(15)10(8-9(2)3)17-13(18-14)11-6-5-7-19-11/h5-7,9H,4,8H2,1-3H3,(H,16,17,18). The highest BCUT2D eigenvalue weighted by atomic mass is 79.9. The Hall–Kier alpha value is -0.940. The van der Waals surface area contributed by atoms with E-state index in [0.717, 1.165) is 39.7 Å². The van der Waals surface area contributed by atoms with Crippen LogP contribution in [-0.2, 0) is 6.42 Å². The molecular formula is C14H18BrN3S. The van der Waals surface area contributed by atoms with Gasteiger partial charge in [0.2, 0.25) is 0 Å². The molecule has 2 aromatic rings. The first-order chi connectivity index (χ1) is 9.11. The van der Waals surface area contributed by atoms with Crippen molar-refractivity contribution in [1.82, 2.24) is 9.97 Å². The van der Waals surface area contributed by atoms with E-state index in [1.807, 2.05) is 6.07 Å². The zero-order valence-corrected chi connectivity index (χ0v) is 13.8. The predicted molar refractivity (Wildman–Crippen MR) is 85.8 cm³/mol. The van der Waals surface area contributed by atoms with Gasteiger partial charge in [-0.2, -0.15) is 0 Å². The number of hydrogen-bond acceptors (Lipinski definition) is 4. The number of aromatic nitrogens is 2. The molecule has 3 nitrogen and oxygen atoms in total. The van der Waals surface area contributed by atoms with E-state index in [4.69, 9.17) is 4.98 Å². The fourth-order valence-corrected chi connectivity index (χ4v) is 2.95. The lowest BCUT2D eigenvalue weighted by molar-refractivity contribution is 0.632. The van der Waals surface area contributed by atoms with E-state index in [0.29, 0.717) is 5.92 Å². The summed E-state index contributed by atoms with van der Waals surface area (Å²) in [5.74, 6) is 2.26. The van der Waals surface area contributed by atoms with E-state index in [1.54, 1.807) is 11.3 Å². The largest absolute Gasteiger partial charge is 0.369 e. The number of halogens is 1. The van der Waals surface area contributed by atoms with Gasteiger partial charge in [0.05, 0.1) is 15.0 Å². The molecule has 0 amide bonds. The van der Waals surface area contributed by atoms with E-state index in [1.165, 1.54) is 0 Å². The van der Waals surface area contributed by atoms with Gasteiger partial charge in [-0.25, -0.2) is 9.97 Å². The van der Waals surface area contributed by atoms with Crippen molar-refractivity contribution in [2.24, 2.45) is 5.92 Å². The molecule has 2 rings (SSSR count). The monoisotopic (exact) mass is 339 g/mol. The van der Waals surface area contributed by atoms with Crippen LogP contribution in [0.15, 0.2) is 22.0 Å². The van der Waals surface area contributed by atoms with Crippen molar-refractivity contribution in [3.63, 3.8) is 0 Å². The molecule has 0 saturated carbocycles. The predicted octanol–water partition coefficient (Wildman–Crippen LogP) is 4.60. The van der Waals surface area contributed by atoms with Crippen LogP contribution in [0.2, 0.25) is 0 Å². The normalized spacial score (nSPS) is 11.0. The number of nitrogens with zero attached hydrogens (tertiary/aromatic N) is 2. The van der Waals surface area contributed by atoms with Crippen LogP contribution in [0, 0.1) is 5.92 Å². The maximum absolute atomic E-state index is 4.71. The van der Waals surface area contributed by atoms with Crippen LogP contribution in [-0.4, -0.2) is 16.5 Å². The Morgan fingerprint density at radius 3 is 2.74 bits per heavy atom. The molecule has 2 heterocycles. The van der Waals surface area contributed by atoms with Gasteiger partial charge in [0, 0.05) is 6.54 Å². The van der Waals surface area contributed by atoms with Gasteiger partial charge < -0.3 is 5.32 Å². The molecule has 19 heavy (non-hydrogen) atoms. The van der Waals surface area contributed by atoms with Crippen LogP contribution >= 0.6 is 27.3 Å². The third-order valence-electron chi connectivity index (χ3n) is 2.61. The van der Waals surface area contributed by atoms with Gasteiger partial charge >= 0.3 is 0 Å². The second-order valence-electron chi connectivity index (χ2n) is 4.76. The molecule has 0 aliphatic rings. The molecule has 0 radical (unpaired) electrons. The highest BCUT2D eigenvalue weighted by Gasteiger charge is 2.14. The Morgan fingerprint density at radius 2 is 2.16 bits per heavy atom. The number of anilines is 1. The van der Waals surface area contributed by atoms with Crippen molar-refractivity contribution < 1.29 is 0 Å². The van der Waals surface area contributed by atoms with Crippen LogP contribution in [0.5, 0.6) is 0 Å². The molecule has 0 atom stereocenters. The molecular weight excluding hydrogens is 322 g/mol. The quantitative estimate of drug-likeness (QED) is 0.864. The fourth-order valence-electron chi connectivity index (χ4n) is 1.82. The number of rotatable bonds is 5. The molecule has 102 valence electrons. The van der Waals surface area contributed by atoms with Crippen molar-refractivity contribution in [1.29, 1.82) is 0 Å². The Kier molecular flexibility index (Phi) is 4.93. The van der Waals surface area contributed by atoms with E-state index < -0.39 is 0 Å². The minimum atomic E-state index is 0.567. The van der Waals surface area contributed by atoms with E-state index in [2.05, 4.69) is 58.4 Å². The molecule has 0 fully saturated rings. The molecule has 0 spiro atoms. The first-order valence-electron chi connectivity index (χ1n) is 6.46. The zero-order valence-electron chi connectivity index (χ0n) is 11.4. The summed E-state index contributed by atoms with van der Waals surface area (Å²) >= 11 is 5.29. The van der Waals surface area contributed by atoms with Gasteiger partial charge in [0.1, 0.15) is 5.82 Å². The Labute approximate surface area is 126 Å². The second kappa shape index (κ2) is 6.48. The number of nitrogens with one attached hydrogen (secondary N) is 1. The summed E-state index contributed by atoms with van der Waals surface area (Å²) in [5.41, 5.74) is 1.07. The Bertz CT molecular complexity index is 538. The minimum absolute atomic E-state index is 0.567. The van der Waals surface area contributed by atoms with Crippen LogP contribution in [0.4, 0.5) is 5.82 Å². The number of hydrogen-bond donors (Lipinski definition) is 1. The van der Waals surface area contributed by atoms with Gasteiger partial charge in [0.15, 0.2) is 5.82 Å². The second-order valence-corrected chi connectivity index (χ2v) is 6.50. The molecule has 1 N–H and O–H groups in total. The average Bonchev–Trinajstić information content (AvgIpc) is 2.87. The van der Waals surface area contributed by atoms with Crippen molar-refractivity contribution >= 4 is 33.1 Å². The Balaban J connectivity index is 2.47. The minimum Gasteiger partial charge on any atom is -0.369 e. The summed E-state index contributed by atoms with van der Waals surface area (Å²) in [5, 5.41) is 5.35. The van der Waals surface area contributed by atoms with Gasteiger partial charge in [0.25, 0.3) is 0 Å². The fraction of sp³-hybridized carbons (Fsp3) is 0.429. The zero-order chi connectivity index (χ0) is 13.8. The van der Waals surface area contributed by atoms with E-state index >= 15 is 0 Å². The molecule has 0 aromatic carbocycles. The Morgan fingerprint density at radius 1 is 1.37 bits per heavy atom. The number of thiophene rings is 1. The molecule has 0 saturated heterocycles. The highest BCUT2D eigenvalue weighted by molar-refractivity contribution is 9.10. The summed E-state index contributed by atoms with van der Waals surface area (Å²) in [6, 6.07) is 4.09.